The summed E-state index contributed by atoms with van der Waals surface area (Å²) in [5.74, 6) is 1.06. The molecule has 0 atom stereocenters. The highest BCUT2D eigenvalue weighted by atomic mass is 16.5. The highest BCUT2D eigenvalue weighted by molar-refractivity contribution is 5.75. The number of hydrogen-bond donors (Lipinski definition) is 2. The number of carbonyl (C=O) groups is 1. The summed E-state index contributed by atoms with van der Waals surface area (Å²) in [5.41, 5.74) is 6.85. The molecule has 2 aromatic rings. The average Bonchev–Trinajstić information content (AvgIpc) is 2.86. The van der Waals surface area contributed by atoms with Crippen LogP contribution in [0, 0.1) is 6.92 Å². The Hall–Kier alpha value is -2.41. The normalized spacial score (nSPS) is 10.5. The Balaban J connectivity index is 2.14. The lowest BCUT2D eigenvalue weighted by Crippen LogP contribution is -2.28. The van der Waals surface area contributed by atoms with Crippen molar-refractivity contribution in [2.24, 2.45) is 5.73 Å². The average molecular weight is 276 g/mol. The lowest BCUT2D eigenvalue weighted by molar-refractivity contribution is -0.117. The van der Waals surface area contributed by atoms with Crippen LogP contribution in [0.3, 0.4) is 0 Å². The summed E-state index contributed by atoms with van der Waals surface area (Å²) in [6, 6.07) is 5.72. The van der Waals surface area contributed by atoms with Crippen LogP contribution in [0.4, 0.5) is 0 Å². The van der Waals surface area contributed by atoms with Gasteiger partial charge in [-0.3, -0.25) is 10.1 Å². The van der Waals surface area contributed by atoms with Gasteiger partial charge in [0.25, 0.3) is 0 Å². The van der Waals surface area contributed by atoms with Crippen LogP contribution >= 0.6 is 0 Å². The Morgan fingerprint density at radius 3 is 3.00 bits per heavy atom. The van der Waals surface area contributed by atoms with Gasteiger partial charge in [0.2, 0.25) is 17.6 Å². The second-order valence-electron chi connectivity index (χ2n) is 4.29. The number of benzene rings is 1. The lowest BCUT2D eigenvalue weighted by atomic mass is 10.1. The Morgan fingerprint density at radius 2 is 2.30 bits per heavy atom. The number of nitrogens with zero attached hydrogens (tertiary/aromatic N) is 2. The number of aromatic nitrogens is 2. The molecule has 0 aliphatic rings. The summed E-state index contributed by atoms with van der Waals surface area (Å²) in [6.07, 6.45) is 0. The fourth-order valence-electron chi connectivity index (χ4n) is 1.71. The number of hydrogen-bond acceptors (Lipinski definition) is 6. The Kier molecular flexibility index (Phi) is 4.31. The van der Waals surface area contributed by atoms with Crippen molar-refractivity contribution in [1.29, 1.82) is 0 Å². The van der Waals surface area contributed by atoms with E-state index in [0.717, 1.165) is 11.1 Å². The Labute approximate surface area is 116 Å². The van der Waals surface area contributed by atoms with Gasteiger partial charge >= 0.3 is 0 Å². The van der Waals surface area contributed by atoms with Crippen LogP contribution in [0.1, 0.15) is 11.5 Å². The van der Waals surface area contributed by atoms with Crippen molar-refractivity contribution in [3.8, 4) is 17.1 Å². The fourth-order valence-corrected chi connectivity index (χ4v) is 1.71. The minimum atomic E-state index is -0.440. The van der Waals surface area contributed by atoms with Crippen molar-refractivity contribution in [1.82, 2.24) is 15.5 Å². The van der Waals surface area contributed by atoms with E-state index in [4.69, 9.17) is 15.0 Å². The highest BCUT2D eigenvalue weighted by Gasteiger charge is 2.13. The van der Waals surface area contributed by atoms with E-state index in [1.807, 2.05) is 25.1 Å². The number of methoxy groups -OCH3 is 1. The maximum Gasteiger partial charge on any atom is 0.240 e. The third-order valence-electron chi connectivity index (χ3n) is 2.64. The molecular formula is C13H16N4O3. The SMILES string of the molecule is COc1cc(C)ccc1-c1noc(CNCC(N)=O)n1. The van der Waals surface area contributed by atoms with E-state index < -0.39 is 5.91 Å². The third-order valence-corrected chi connectivity index (χ3v) is 2.64. The summed E-state index contributed by atoms with van der Waals surface area (Å²) < 4.78 is 10.4. The van der Waals surface area contributed by atoms with Crippen molar-refractivity contribution in [2.45, 2.75) is 13.5 Å². The van der Waals surface area contributed by atoms with E-state index in [1.54, 1.807) is 7.11 Å². The first kappa shape index (κ1) is 14.0. The number of primary amides is 1. The number of amides is 1. The molecule has 0 saturated carbocycles. The van der Waals surface area contributed by atoms with Gasteiger partial charge in [0.05, 0.1) is 25.8 Å². The van der Waals surface area contributed by atoms with E-state index in [9.17, 15) is 4.79 Å². The topological polar surface area (TPSA) is 103 Å². The highest BCUT2D eigenvalue weighted by Crippen LogP contribution is 2.28. The standard InChI is InChI=1S/C13H16N4O3/c1-8-3-4-9(10(5-8)19-2)13-16-12(20-17-13)7-15-6-11(14)18/h3-5,15H,6-7H2,1-2H3,(H2,14,18). The molecule has 7 nitrogen and oxygen atoms in total. The van der Waals surface area contributed by atoms with Crippen molar-refractivity contribution in [2.75, 3.05) is 13.7 Å². The molecule has 0 fully saturated rings. The van der Waals surface area contributed by atoms with Crippen LogP contribution in [0.5, 0.6) is 5.75 Å². The molecule has 3 N–H and O–H groups in total. The quantitative estimate of drug-likeness (QED) is 0.802. The molecule has 0 aliphatic carbocycles. The van der Waals surface area contributed by atoms with Crippen LogP contribution in [0.2, 0.25) is 0 Å². The van der Waals surface area contributed by atoms with E-state index in [2.05, 4.69) is 15.5 Å². The first-order valence-electron chi connectivity index (χ1n) is 6.06. The van der Waals surface area contributed by atoms with Gasteiger partial charge in [-0.25, -0.2) is 0 Å². The molecule has 106 valence electrons. The van der Waals surface area contributed by atoms with E-state index in [1.165, 1.54) is 0 Å². The zero-order valence-corrected chi connectivity index (χ0v) is 11.3. The minimum absolute atomic E-state index is 0.0611. The van der Waals surface area contributed by atoms with Gasteiger partial charge in [0, 0.05) is 0 Å². The Bertz CT molecular complexity index is 609. The van der Waals surface area contributed by atoms with E-state index in [-0.39, 0.29) is 13.1 Å². The molecule has 2 rings (SSSR count). The third kappa shape index (κ3) is 3.33. The molecule has 0 unspecified atom stereocenters. The van der Waals surface area contributed by atoms with Gasteiger partial charge in [-0.1, -0.05) is 11.2 Å². The van der Waals surface area contributed by atoms with Crippen LogP contribution in [0.15, 0.2) is 22.7 Å². The van der Waals surface area contributed by atoms with Gasteiger partial charge in [-0.05, 0) is 24.6 Å². The maximum atomic E-state index is 10.6. The molecule has 0 spiro atoms. The number of nitrogens with one attached hydrogen (secondary N) is 1. The molecule has 1 amide bonds. The molecule has 1 heterocycles. The number of nitrogens with two attached hydrogens (primary N) is 1. The van der Waals surface area contributed by atoms with Crippen LogP contribution in [0.25, 0.3) is 11.4 Å². The van der Waals surface area contributed by atoms with Crippen LogP contribution < -0.4 is 15.8 Å². The van der Waals surface area contributed by atoms with Crippen molar-refractivity contribution >= 4 is 5.91 Å². The summed E-state index contributed by atoms with van der Waals surface area (Å²) >= 11 is 0. The molecule has 7 heteroatoms. The van der Waals surface area contributed by atoms with Gasteiger partial charge in [-0.15, -0.1) is 0 Å². The second kappa shape index (κ2) is 6.16. The summed E-state index contributed by atoms with van der Waals surface area (Å²) in [4.78, 5) is 14.9. The zero-order chi connectivity index (χ0) is 14.5. The number of carbonyl (C=O) groups excluding carboxylic acids is 1. The largest absolute Gasteiger partial charge is 0.496 e. The van der Waals surface area contributed by atoms with Crippen molar-refractivity contribution in [3.05, 3.63) is 29.7 Å². The van der Waals surface area contributed by atoms with Gasteiger partial charge < -0.3 is 15.0 Å². The van der Waals surface area contributed by atoms with Crippen molar-refractivity contribution in [3.63, 3.8) is 0 Å². The molecule has 0 radical (unpaired) electrons. The lowest BCUT2D eigenvalue weighted by Gasteiger charge is -2.05. The van der Waals surface area contributed by atoms with E-state index in [0.29, 0.717) is 17.5 Å². The number of ether oxygens (including phenoxy) is 1. The summed E-state index contributed by atoms with van der Waals surface area (Å²) in [7, 11) is 1.59. The molecule has 0 saturated heterocycles. The van der Waals surface area contributed by atoms with Crippen molar-refractivity contribution < 1.29 is 14.1 Å². The van der Waals surface area contributed by atoms with Gasteiger partial charge in [-0.2, -0.15) is 4.98 Å². The zero-order valence-electron chi connectivity index (χ0n) is 11.3. The predicted octanol–water partition coefficient (Wildman–Crippen LogP) is 0.629. The minimum Gasteiger partial charge on any atom is -0.496 e. The first-order valence-corrected chi connectivity index (χ1v) is 6.06. The van der Waals surface area contributed by atoms with E-state index >= 15 is 0 Å². The maximum absolute atomic E-state index is 10.6. The second-order valence-corrected chi connectivity index (χ2v) is 4.29. The van der Waals surface area contributed by atoms with Gasteiger partial charge in [0.1, 0.15) is 5.75 Å². The number of rotatable bonds is 6. The smallest absolute Gasteiger partial charge is 0.240 e. The number of aryl methyl sites for hydroxylation is 1. The summed E-state index contributed by atoms with van der Waals surface area (Å²) in [5, 5.41) is 6.70. The van der Waals surface area contributed by atoms with Crippen LogP contribution in [-0.2, 0) is 11.3 Å². The molecular weight excluding hydrogens is 260 g/mol. The molecule has 1 aromatic heterocycles. The predicted molar refractivity (Wildman–Crippen MR) is 71.9 cm³/mol. The van der Waals surface area contributed by atoms with Gasteiger partial charge in [0.15, 0.2) is 0 Å². The molecule has 0 bridgehead atoms. The fraction of sp³-hybridized carbons (Fsp3) is 0.308. The molecule has 20 heavy (non-hydrogen) atoms. The molecule has 1 aromatic carbocycles. The Morgan fingerprint density at radius 1 is 1.50 bits per heavy atom. The summed E-state index contributed by atoms with van der Waals surface area (Å²) in [6.45, 7) is 2.32. The monoisotopic (exact) mass is 276 g/mol. The molecule has 0 aliphatic heterocycles. The first-order chi connectivity index (χ1) is 9.60. The van der Waals surface area contributed by atoms with Crippen LogP contribution in [-0.4, -0.2) is 29.7 Å².